The minimum Gasteiger partial charge on any atom is -0.480 e. The summed E-state index contributed by atoms with van der Waals surface area (Å²) >= 11 is 0. The summed E-state index contributed by atoms with van der Waals surface area (Å²) < 4.78 is 72.6. The van der Waals surface area contributed by atoms with Crippen LogP contribution in [-0.4, -0.2) is 46.3 Å². The van der Waals surface area contributed by atoms with Gasteiger partial charge in [0.15, 0.2) is 0 Å². The Labute approximate surface area is 97.2 Å². The zero-order valence-electron chi connectivity index (χ0n) is 9.19. The van der Waals surface area contributed by atoms with Gasteiger partial charge in [-0.15, -0.1) is 0 Å². The molecule has 0 rings (SSSR count). The van der Waals surface area contributed by atoms with Gasteiger partial charge in [-0.25, -0.2) is 4.79 Å². The fourth-order valence-electron chi connectivity index (χ4n) is 0.971. The number of halogens is 6. The number of aliphatic carboxylic acids is 1. The Kier molecular flexibility index (Phi) is 4.27. The molecule has 0 aliphatic carbocycles. The van der Waals surface area contributed by atoms with Crippen molar-refractivity contribution in [3.8, 4) is 0 Å². The van der Waals surface area contributed by atoms with Crippen LogP contribution >= 0.6 is 0 Å². The minimum absolute atomic E-state index is 0.574. The molecule has 0 aliphatic rings. The van der Waals surface area contributed by atoms with Crippen LogP contribution in [0.4, 0.5) is 26.3 Å². The van der Waals surface area contributed by atoms with Gasteiger partial charge in [0.25, 0.3) is 0 Å². The number of hydrogen-bond acceptors (Lipinski definition) is 2. The molecule has 18 heavy (non-hydrogen) atoms. The predicted octanol–water partition coefficient (Wildman–Crippen LogP) is 1.80. The van der Waals surface area contributed by atoms with E-state index in [1.54, 1.807) is 0 Å². The lowest BCUT2D eigenvalue weighted by Gasteiger charge is -2.35. The molecular weight excluding hydrogens is 272 g/mol. The molecule has 0 aliphatic heterocycles. The number of carbonyl (C=O) groups excluding carboxylic acids is 1. The molecule has 0 radical (unpaired) electrons. The first kappa shape index (κ1) is 16.5. The number of hydrogen-bond donors (Lipinski definition) is 1. The van der Waals surface area contributed by atoms with E-state index in [9.17, 15) is 35.9 Å². The number of amides is 1. The lowest BCUT2D eigenvalue weighted by Crippen LogP contribution is -2.59. The predicted molar refractivity (Wildman–Crippen MR) is 45.5 cm³/mol. The molecule has 0 saturated heterocycles. The Morgan fingerprint density at radius 1 is 1.06 bits per heavy atom. The van der Waals surface area contributed by atoms with E-state index in [1.807, 2.05) is 0 Å². The summed E-state index contributed by atoms with van der Waals surface area (Å²) in [6.07, 6.45) is -10.7. The third-order valence-corrected chi connectivity index (χ3v) is 2.02. The van der Waals surface area contributed by atoms with E-state index in [1.165, 1.54) is 0 Å². The maximum absolute atomic E-state index is 12.1. The molecule has 10 heteroatoms. The Bertz CT molecular complexity index is 346. The highest BCUT2D eigenvalue weighted by atomic mass is 19.4. The highest BCUT2D eigenvalue weighted by Crippen LogP contribution is 2.28. The van der Waals surface area contributed by atoms with E-state index in [4.69, 9.17) is 5.11 Å². The molecule has 0 bridgehead atoms. The van der Waals surface area contributed by atoms with Crippen molar-refractivity contribution < 1.29 is 41.0 Å². The molecule has 0 unspecified atom stereocenters. The quantitative estimate of drug-likeness (QED) is 0.802. The molecule has 1 N–H and O–H groups in total. The fraction of sp³-hybridized carbons (Fsp3) is 0.750. The van der Waals surface area contributed by atoms with Crippen LogP contribution in [0, 0.1) is 0 Å². The second-order valence-corrected chi connectivity index (χ2v) is 3.87. The van der Waals surface area contributed by atoms with Gasteiger partial charge in [-0.2, -0.15) is 26.3 Å². The molecule has 0 fully saturated rings. The molecule has 106 valence electrons. The summed E-state index contributed by atoms with van der Waals surface area (Å²) in [5, 5.41) is 8.59. The highest BCUT2D eigenvalue weighted by molar-refractivity contribution is 5.89. The van der Waals surface area contributed by atoms with Crippen LogP contribution in [0.3, 0.4) is 0 Å². The first-order valence-corrected chi connectivity index (χ1v) is 4.38. The van der Waals surface area contributed by atoms with Gasteiger partial charge in [-0.1, -0.05) is 0 Å². The third-order valence-electron chi connectivity index (χ3n) is 2.02. The summed E-state index contributed by atoms with van der Waals surface area (Å²) in [6, 6.07) is 0. The van der Waals surface area contributed by atoms with Crippen molar-refractivity contribution in [2.24, 2.45) is 0 Å². The summed E-state index contributed by atoms with van der Waals surface area (Å²) in [7, 11) is 0. The van der Waals surface area contributed by atoms with Crippen LogP contribution in [0.15, 0.2) is 0 Å². The molecule has 0 spiro atoms. The average Bonchev–Trinajstić information content (AvgIpc) is 2.09. The number of alkyl halides is 6. The minimum atomic E-state index is -5.59. The molecule has 0 aromatic carbocycles. The lowest BCUT2D eigenvalue weighted by atomic mass is 10.0. The second kappa shape index (κ2) is 4.65. The van der Waals surface area contributed by atoms with E-state index in [-0.39, 0.29) is 0 Å². The van der Waals surface area contributed by atoms with E-state index in [0.29, 0.717) is 13.8 Å². The first-order chi connectivity index (χ1) is 7.69. The molecule has 0 atom stereocenters. The van der Waals surface area contributed by atoms with Crippen LogP contribution in [0.25, 0.3) is 0 Å². The van der Waals surface area contributed by atoms with Crippen LogP contribution in [0.5, 0.6) is 0 Å². The molecule has 0 aromatic rings. The van der Waals surface area contributed by atoms with E-state index in [0.717, 1.165) is 0 Å². The number of rotatable bonds is 3. The van der Waals surface area contributed by atoms with E-state index in [2.05, 4.69) is 0 Å². The Hall–Kier alpha value is -1.48. The van der Waals surface area contributed by atoms with Crippen molar-refractivity contribution in [2.75, 3.05) is 6.54 Å². The lowest BCUT2D eigenvalue weighted by molar-refractivity contribution is -0.209. The zero-order chi connectivity index (χ0) is 14.9. The molecule has 0 saturated carbocycles. The van der Waals surface area contributed by atoms with Crippen LogP contribution in [0.1, 0.15) is 13.8 Å². The van der Waals surface area contributed by atoms with Gasteiger partial charge in [0, 0.05) is 0 Å². The molecule has 4 nitrogen and oxygen atoms in total. The maximum Gasteiger partial charge on any atom is 0.471 e. The smallest absolute Gasteiger partial charge is 0.471 e. The van der Waals surface area contributed by atoms with Gasteiger partial charge in [0.05, 0.1) is 0 Å². The standard InChI is InChI=1S/C8H9F6NO3/c1-6(2,5(17)18)15(3-7(9,10)11)4(16)8(12,13)14/h3H2,1-2H3,(H,17,18). The average molecular weight is 281 g/mol. The van der Waals surface area contributed by atoms with E-state index < -0.39 is 41.2 Å². The number of nitrogens with zero attached hydrogens (tertiary/aromatic N) is 1. The summed E-state index contributed by atoms with van der Waals surface area (Å²) in [4.78, 5) is 20.7. The van der Waals surface area contributed by atoms with Gasteiger partial charge in [-0.3, -0.25) is 4.79 Å². The SMILES string of the molecule is CC(C)(C(=O)O)N(CC(F)(F)F)C(=O)C(F)(F)F. The van der Waals surface area contributed by atoms with Crippen molar-refractivity contribution in [1.29, 1.82) is 0 Å². The Balaban J connectivity index is 5.47. The molecule has 1 amide bonds. The third kappa shape index (κ3) is 4.08. The van der Waals surface area contributed by atoms with Crippen LogP contribution < -0.4 is 0 Å². The number of carboxylic acid groups (broad SMARTS) is 1. The van der Waals surface area contributed by atoms with E-state index >= 15 is 0 Å². The summed E-state index contributed by atoms with van der Waals surface area (Å²) in [5.74, 6) is -4.84. The molecule has 0 aromatic heterocycles. The number of carboxylic acids is 1. The molecular formula is C8H9F6NO3. The maximum atomic E-state index is 12.1. The van der Waals surface area contributed by atoms with Crippen molar-refractivity contribution in [1.82, 2.24) is 4.90 Å². The fourth-order valence-corrected chi connectivity index (χ4v) is 0.971. The summed E-state index contributed by atoms with van der Waals surface area (Å²) in [5.41, 5.74) is -2.64. The Morgan fingerprint density at radius 2 is 1.44 bits per heavy atom. The van der Waals surface area contributed by atoms with Gasteiger partial charge in [0.1, 0.15) is 12.1 Å². The largest absolute Gasteiger partial charge is 0.480 e. The summed E-state index contributed by atoms with van der Waals surface area (Å²) in [6.45, 7) is -1.15. The van der Waals surface area contributed by atoms with Gasteiger partial charge in [0.2, 0.25) is 0 Å². The Morgan fingerprint density at radius 3 is 1.67 bits per heavy atom. The van der Waals surface area contributed by atoms with Crippen molar-refractivity contribution in [2.45, 2.75) is 31.7 Å². The monoisotopic (exact) mass is 281 g/mol. The normalized spacial score (nSPS) is 13.3. The van der Waals surface area contributed by atoms with Gasteiger partial charge >= 0.3 is 24.2 Å². The second-order valence-electron chi connectivity index (χ2n) is 3.87. The highest BCUT2D eigenvalue weighted by Gasteiger charge is 2.52. The van der Waals surface area contributed by atoms with Gasteiger partial charge < -0.3 is 10.0 Å². The van der Waals surface area contributed by atoms with Crippen LogP contribution in [-0.2, 0) is 9.59 Å². The van der Waals surface area contributed by atoms with Crippen molar-refractivity contribution in [3.63, 3.8) is 0 Å². The first-order valence-electron chi connectivity index (χ1n) is 4.38. The zero-order valence-corrected chi connectivity index (χ0v) is 9.19. The molecule has 0 heterocycles. The van der Waals surface area contributed by atoms with Crippen molar-refractivity contribution in [3.05, 3.63) is 0 Å². The van der Waals surface area contributed by atoms with Crippen molar-refractivity contribution >= 4 is 11.9 Å². The van der Waals surface area contributed by atoms with Crippen LogP contribution in [0.2, 0.25) is 0 Å². The van der Waals surface area contributed by atoms with Gasteiger partial charge in [-0.05, 0) is 13.8 Å². The topological polar surface area (TPSA) is 57.6 Å². The number of carbonyl (C=O) groups is 2.